The van der Waals surface area contributed by atoms with Crippen molar-refractivity contribution in [2.24, 2.45) is 0 Å². The molecule has 0 spiro atoms. The standard InChI is InChI=1S/C19H23NS/c1-20-13-16(15-7-3-2-4-8-15)11-12-17-14-21-19-10-6-5-9-18(17)19/h2-10,16-17,20H,11-14H2,1H3. The molecule has 0 bridgehead atoms. The second-order valence-electron chi connectivity index (χ2n) is 5.79. The highest BCUT2D eigenvalue weighted by Crippen LogP contribution is 2.42. The van der Waals surface area contributed by atoms with Gasteiger partial charge in [-0.05, 0) is 48.9 Å². The number of rotatable bonds is 6. The maximum atomic E-state index is 3.36. The van der Waals surface area contributed by atoms with Gasteiger partial charge in [-0.15, -0.1) is 11.8 Å². The highest BCUT2D eigenvalue weighted by atomic mass is 32.2. The summed E-state index contributed by atoms with van der Waals surface area (Å²) in [6.07, 6.45) is 2.54. The van der Waals surface area contributed by atoms with Gasteiger partial charge in [-0.1, -0.05) is 48.5 Å². The van der Waals surface area contributed by atoms with Crippen LogP contribution in [0.25, 0.3) is 0 Å². The van der Waals surface area contributed by atoms with Gasteiger partial charge in [0.05, 0.1) is 0 Å². The van der Waals surface area contributed by atoms with Crippen molar-refractivity contribution in [3.8, 4) is 0 Å². The van der Waals surface area contributed by atoms with E-state index in [2.05, 4.69) is 67.0 Å². The molecule has 1 aliphatic rings. The van der Waals surface area contributed by atoms with E-state index in [1.807, 2.05) is 11.8 Å². The van der Waals surface area contributed by atoms with Gasteiger partial charge < -0.3 is 5.32 Å². The third-order valence-corrected chi connectivity index (χ3v) is 5.64. The molecular formula is C19H23NS. The van der Waals surface area contributed by atoms with Gasteiger partial charge in [-0.3, -0.25) is 0 Å². The fourth-order valence-electron chi connectivity index (χ4n) is 3.23. The van der Waals surface area contributed by atoms with Gasteiger partial charge in [0.1, 0.15) is 0 Å². The molecule has 2 aromatic rings. The minimum atomic E-state index is 0.619. The topological polar surface area (TPSA) is 12.0 Å². The Morgan fingerprint density at radius 2 is 1.86 bits per heavy atom. The van der Waals surface area contributed by atoms with Gasteiger partial charge >= 0.3 is 0 Å². The zero-order valence-corrected chi connectivity index (χ0v) is 13.4. The summed E-state index contributed by atoms with van der Waals surface area (Å²) in [5.74, 6) is 2.60. The quantitative estimate of drug-likeness (QED) is 0.832. The van der Waals surface area contributed by atoms with Crippen molar-refractivity contribution in [1.29, 1.82) is 0 Å². The highest BCUT2D eigenvalue weighted by molar-refractivity contribution is 7.99. The van der Waals surface area contributed by atoms with Gasteiger partial charge in [-0.25, -0.2) is 0 Å². The molecule has 0 amide bonds. The second kappa shape index (κ2) is 7.15. The molecule has 2 atom stereocenters. The first-order valence-electron chi connectivity index (χ1n) is 7.79. The number of nitrogens with one attached hydrogen (secondary N) is 1. The Hall–Kier alpha value is -1.25. The number of likely N-dealkylation sites (N-methyl/N-ethyl adjacent to an activating group) is 1. The molecule has 0 fully saturated rings. The molecule has 110 valence electrons. The second-order valence-corrected chi connectivity index (χ2v) is 6.85. The molecule has 3 rings (SSSR count). The van der Waals surface area contributed by atoms with Crippen molar-refractivity contribution in [2.45, 2.75) is 29.6 Å². The molecular weight excluding hydrogens is 274 g/mol. The van der Waals surface area contributed by atoms with E-state index in [0.717, 1.165) is 12.5 Å². The lowest BCUT2D eigenvalue weighted by atomic mass is 9.88. The van der Waals surface area contributed by atoms with Crippen LogP contribution >= 0.6 is 11.8 Å². The molecule has 21 heavy (non-hydrogen) atoms. The van der Waals surface area contributed by atoms with E-state index < -0.39 is 0 Å². The zero-order chi connectivity index (χ0) is 14.5. The van der Waals surface area contributed by atoms with Crippen molar-refractivity contribution >= 4 is 11.8 Å². The molecule has 0 saturated carbocycles. The summed E-state index contributed by atoms with van der Waals surface area (Å²) in [5, 5.41) is 3.36. The van der Waals surface area contributed by atoms with Crippen LogP contribution in [0.3, 0.4) is 0 Å². The van der Waals surface area contributed by atoms with Crippen LogP contribution in [-0.4, -0.2) is 19.3 Å². The van der Waals surface area contributed by atoms with Crippen LogP contribution in [0.15, 0.2) is 59.5 Å². The first-order chi connectivity index (χ1) is 10.4. The van der Waals surface area contributed by atoms with Gasteiger partial charge in [0.25, 0.3) is 0 Å². The van der Waals surface area contributed by atoms with Crippen molar-refractivity contribution in [1.82, 2.24) is 5.32 Å². The Morgan fingerprint density at radius 1 is 1.10 bits per heavy atom. The third-order valence-electron chi connectivity index (χ3n) is 4.38. The van der Waals surface area contributed by atoms with E-state index in [9.17, 15) is 0 Å². The van der Waals surface area contributed by atoms with Gasteiger partial charge in [0, 0.05) is 17.2 Å². The largest absolute Gasteiger partial charge is 0.319 e. The smallest absolute Gasteiger partial charge is 0.0107 e. The molecule has 0 saturated heterocycles. The van der Waals surface area contributed by atoms with Crippen molar-refractivity contribution < 1.29 is 0 Å². The molecule has 1 aliphatic heterocycles. The van der Waals surface area contributed by atoms with Crippen LogP contribution < -0.4 is 5.32 Å². The Labute approximate surface area is 132 Å². The summed E-state index contributed by atoms with van der Waals surface area (Å²) in [5.41, 5.74) is 3.03. The summed E-state index contributed by atoms with van der Waals surface area (Å²) in [6, 6.07) is 19.8. The van der Waals surface area contributed by atoms with E-state index in [0.29, 0.717) is 5.92 Å². The Bertz CT molecular complexity index is 567. The molecule has 1 heterocycles. The number of hydrogen-bond acceptors (Lipinski definition) is 2. The van der Waals surface area contributed by atoms with E-state index >= 15 is 0 Å². The summed E-state index contributed by atoms with van der Waals surface area (Å²) in [4.78, 5) is 1.49. The summed E-state index contributed by atoms with van der Waals surface area (Å²) >= 11 is 2.02. The Balaban J connectivity index is 1.66. The SMILES string of the molecule is CNCC(CCC1CSc2ccccc21)c1ccccc1. The molecule has 2 aromatic carbocycles. The van der Waals surface area contributed by atoms with E-state index in [1.165, 1.54) is 29.1 Å². The first-order valence-corrected chi connectivity index (χ1v) is 8.78. The minimum Gasteiger partial charge on any atom is -0.319 e. The molecule has 1 nitrogen and oxygen atoms in total. The lowest BCUT2D eigenvalue weighted by Crippen LogP contribution is -2.18. The van der Waals surface area contributed by atoms with Crippen LogP contribution in [0.4, 0.5) is 0 Å². The molecule has 0 aromatic heterocycles. The first kappa shape index (κ1) is 14.7. The van der Waals surface area contributed by atoms with E-state index in [-0.39, 0.29) is 0 Å². The predicted octanol–water partition coefficient (Wildman–Crippen LogP) is 4.66. The van der Waals surface area contributed by atoms with Crippen LogP contribution in [0.2, 0.25) is 0 Å². The molecule has 0 radical (unpaired) electrons. The minimum absolute atomic E-state index is 0.619. The number of hydrogen-bond donors (Lipinski definition) is 1. The normalized spacial score (nSPS) is 18.4. The third kappa shape index (κ3) is 3.50. The van der Waals surface area contributed by atoms with Crippen molar-refractivity contribution in [3.63, 3.8) is 0 Å². The lowest BCUT2D eigenvalue weighted by Gasteiger charge is -2.19. The van der Waals surface area contributed by atoms with Crippen LogP contribution in [0.5, 0.6) is 0 Å². The lowest BCUT2D eigenvalue weighted by molar-refractivity contribution is 0.530. The van der Waals surface area contributed by atoms with E-state index in [1.54, 1.807) is 5.56 Å². The van der Waals surface area contributed by atoms with Gasteiger partial charge in [0.2, 0.25) is 0 Å². The van der Waals surface area contributed by atoms with Crippen molar-refractivity contribution in [3.05, 3.63) is 65.7 Å². The number of fused-ring (bicyclic) bond motifs is 1. The Morgan fingerprint density at radius 3 is 2.67 bits per heavy atom. The van der Waals surface area contributed by atoms with Crippen molar-refractivity contribution in [2.75, 3.05) is 19.3 Å². The van der Waals surface area contributed by atoms with Crippen LogP contribution in [-0.2, 0) is 0 Å². The predicted molar refractivity (Wildman–Crippen MR) is 92.3 cm³/mol. The van der Waals surface area contributed by atoms with Gasteiger partial charge in [0.15, 0.2) is 0 Å². The molecule has 2 unspecified atom stereocenters. The highest BCUT2D eigenvalue weighted by Gasteiger charge is 2.23. The van der Waals surface area contributed by atoms with Gasteiger partial charge in [-0.2, -0.15) is 0 Å². The summed E-state index contributed by atoms with van der Waals surface area (Å²) in [6.45, 7) is 1.06. The Kier molecular flexibility index (Phi) is 5.00. The van der Waals surface area contributed by atoms with E-state index in [4.69, 9.17) is 0 Å². The fourth-order valence-corrected chi connectivity index (χ4v) is 4.53. The number of benzene rings is 2. The average Bonchev–Trinajstić information content (AvgIpc) is 2.95. The molecule has 2 heteroatoms. The maximum absolute atomic E-state index is 3.36. The molecule has 0 aliphatic carbocycles. The number of thioether (sulfide) groups is 1. The summed E-state index contributed by atoms with van der Waals surface area (Å²) < 4.78 is 0. The maximum Gasteiger partial charge on any atom is 0.0107 e. The fraction of sp³-hybridized carbons (Fsp3) is 0.368. The monoisotopic (exact) mass is 297 g/mol. The van der Waals surface area contributed by atoms with Crippen LogP contribution in [0.1, 0.15) is 35.8 Å². The van der Waals surface area contributed by atoms with Crippen LogP contribution in [0, 0.1) is 0 Å². The summed E-state index contributed by atoms with van der Waals surface area (Å²) in [7, 11) is 2.05. The zero-order valence-electron chi connectivity index (χ0n) is 12.6. The molecule has 1 N–H and O–H groups in total. The average molecular weight is 297 g/mol.